The number of carboxylic acid groups (broad SMARTS) is 1. The van der Waals surface area contributed by atoms with Crippen LogP contribution in [0.4, 0.5) is 10.5 Å². The molecule has 0 bridgehead atoms. The zero-order valence-corrected chi connectivity index (χ0v) is 12.7. The highest BCUT2D eigenvalue weighted by atomic mass is 35.5. The molecule has 1 aromatic rings. The summed E-state index contributed by atoms with van der Waals surface area (Å²) in [5, 5.41) is 9.55. The SMILES string of the molecule is CCN(C(=O)OC(C)(C)C)c1cc(Cl)ccc1C(=O)O. The van der Waals surface area contributed by atoms with Gasteiger partial charge in [0.25, 0.3) is 0 Å². The molecule has 0 atom stereocenters. The summed E-state index contributed by atoms with van der Waals surface area (Å²) < 4.78 is 5.27. The molecule has 1 rings (SSSR count). The number of benzene rings is 1. The van der Waals surface area contributed by atoms with Crippen LogP contribution in [-0.4, -0.2) is 29.3 Å². The molecule has 0 radical (unpaired) electrons. The molecule has 0 aromatic heterocycles. The monoisotopic (exact) mass is 299 g/mol. The standard InChI is InChI=1S/C14H18ClNO4/c1-5-16(13(19)20-14(2,3)4)11-8-9(15)6-7-10(11)12(17)18/h6-8H,5H2,1-4H3,(H,17,18). The summed E-state index contributed by atoms with van der Waals surface area (Å²) in [5.74, 6) is -1.13. The summed E-state index contributed by atoms with van der Waals surface area (Å²) in [5.41, 5.74) is -0.434. The molecule has 1 amide bonds. The van der Waals surface area contributed by atoms with Gasteiger partial charge in [0.2, 0.25) is 0 Å². The number of nitrogens with zero attached hydrogens (tertiary/aromatic N) is 1. The Hall–Kier alpha value is -1.75. The van der Waals surface area contributed by atoms with Crippen molar-refractivity contribution in [3.8, 4) is 0 Å². The number of carboxylic acids is 1. The van der Waals surface area contributed by atoms with Crippen LogP contribution in [0.15, 0.2) is 18.2 Å². The lowest BCUT2D eigenvalue weighted by Crippen LogP contribution is -2.37. The molecule has 1 N–H and O–H groups in total. The predicted molar refractivity (Wildman–Crippen MR) is 77.7 cm³/mol. The fourth-order valence-electron chi connectivity index (χ4n) is 1.62. The van der Waals surface area contributed by atoms with Gasteiger partial charge in [-0.1, -0.05) is 11.6 Å². The first-order valence-electron chi connectivity index (χ1n) is 6.19. The van der Waals surface area contributed by atoms with Crippen molar-refractivity contribution < 1.29 is 19.4 Å². The van der Waals surface area contributed by atoms with Gasteiger partial charge < -0.3 is 9.84 Å². The first-order valence-corrected chi connectivity index (χ1v) is 6.57. The molecular weight excluding hydrogens is 282 g/mol. The third-order valence-corrected chi connectivity index (χ3v) is 2.65. The van der Waals surface area contributed by atoms with Crippen LogP contribution in [0, 0.1) is 0 Å². The van der Waals surface area contributed by atoms with E-state index in [1.165, 1.54) is 23.1 Å². The van der Waals surface area contributed by atoms with Crippen LogP contribution in [-0.2, 0) is 4.74 Å². The van der Waals surface area contributed by atoms with Gasteiger partial charge in [-0.05, 0) is 45.9 Å². The largest absolute Gasteiger partial charge is 0.478 e. The number of hydrogen-bond donors (Lipinski definition) is 1. The molecule has 110 valence electrons. The van der Waals surface area contributed by atoms with Crippen molar-refractivity contribution in [1.29, 1.82) is 0 Å². The number of aromatic carboxylic acids is 1. The predicted octanol–water partition coefficient (Wildman–Crippen LogP) is 3.80. The highest BCUT2D eigenvalue weighted by molar-refractivity contribution is 6.31. The molecule has 0 aliphatic carbocycles. The van der Waals surface area contributed by atoms with Gasteiger partial charge in [-0.2, -0.15) is 0 Å². The molecular formula is C14H18ClNO4. The van der Waals surface area contributed by atoms with Gasteiger partial charge in [0.1, 0.15) is 5.60 Å². The lowest BCUT2D eigenvalue weighted by atomic mass is 10.1. The fourth-order valence-corrected chi connectivity index (χ4v) is 1.79. The first kappa shape index (κ1) is 16.3. The Bertz CT molecular complexity index is 522. The van der Waals surface area contributed by atoms with Crippen LogP contribution in [0.2, 0.25) is 5.02 Å². The Morgan fingerprint density at radius 1 is 1.35 bits per heavy atom. The number of amides is 1. The number of carbonyl (C=O) groups is 2. The van der Waals surface area contributed by atoms with Gasteiger partial charge in [-0.15, -0.1) is 0 Å². The molecule has 0 aliphatic rings. The van der Waals surface area contributed by atoms with Gasteiger partial charge in [0.15, 0.2) is 0 Å². The van der Waals surface area contributed by atoms with Crippen LogP contribution < -0.4 is 4.90 Å². The van der Waals surface area contributed by atoms with Crippen LogP contribution in [0.1, 0.15) is 38.1 Å². The third kappa shape index (κ3) is 4.13. The molecule has 0 aliphatic heterocycles. The van der Waals surface area contributed by atoms with E-state index in [2.05, 4.69) is 0 Å². The number of ether oxygens (including phenoxy) is 1. The second kappa shape index (κ2) is 6.13. The van der Waals surface area contributed by atoms with Crippen molar-refractivity contribution in [1.82, 2.24) is 0 Å². The second-order valence-electron chi connectivity index (χ2n) is 5.19. The maximum atomic E-state index is 12.1. The highest BCUT2D eigenvalue weighted by Crippen LogP contribution is 2.26. The molecule has 1 aromatic carbocycles. The number of hydrogen-bond acceptors (Lipinski definition) is 3. The number of carbonyl (C=O) groups excluding carboxylic acids is 1. The van der Waals surface area contributed by atoms with Gasteiger partial charge in [0.05, 0.1) is 11.3 Å². The molecule has 6 heteroatoms. The topological polar surface area (TPSA) is 66.8 Å². The Kier molecular flexibility index (Phi) is 5.00. The Balaban J connectivity index is 3.21. The summed E-state index contributed by atoms with van der Waals surface area (Å²) in [6.07, 6.45) is -0.607. The molecule has 20 heavy (non-hydrogen) atoms. The highest BCUT2D eigenvalue weighted by Gasteiger charge is 2.25. The summed E-state index contributed by atoms with van der Waals surface area (Å²) in [6.45, 7) is 7.24. The van der Waals surface area contributed by atoms with Crippen molar-refractivity contribution in [3.63, 3.8) is 0 Å². The normalized spacial score (nSPS) is 11.1. The Labute approximate surface area is 123 Å². The van der Waals surface area contributed by atoms with Crippen molar-refractivity contribution in [2.75, 3.05) is 11.4 Å². The van der Waals surface area contributed by atoms with Gasteiger partial charge in [-0.3, -0.25) is 4.90 Å². The lowest BCUT2D eigenvalue weighted by molar-refractivity contribution is 0.0582. The minimum atomic E-state index is -1.13. The Morgan fingerprint density at radius 2 is 1.95 bits per heavy atom. The van der Waals surface area contributed by atoms with E-state index in [-0.39, 0.29) is 17.8 Å². The molecule has 5 nitrogen and oxygen atoms in total. The fraction of sp³-hybridized carbons (Fsp3) is 0.429. The van der Waals surface area contributed by atoms with Crippen LogP contribution >= 0.6 is 11.6 Å². The van der Waals surface area contributed by atoms with Crippen molar-refractivity contribution in [2.24, 2.45) is 0 Å². The lowest BCUT2D eigenvalue weighted by Gasteiger charge is -2.27. The van der Waals surface area contributed by atoms with Crippen molar-refractivity contribution in [3.05, 3.63) is 28.8 Å². The van der Waals surface area contributed by atoms with E-state index in [9.17, 15) is 14.7 Å². The summed E-state index contributed by atoms with van der Waals surface area (Å²) in [7, 11) is 0. The van der Waals surface area contributed by atoms with Crippen molar-refractivity contribution >= 4 is 29.4 Å². The summed E-state index contributed by atoms with van der Waals surface area (Å²) >= 11 is 5.89. The van der Waals surface area contributed by atoms with E-state index < -0.39 is 17.7 Å². The zero-order chi connectivity index (χ0) is 15.5. The minimum Gasteiger partial charge on any atom is -0.478 e. The van der Waals surface area contributed by atoms with Crippen LogP contribution in [0.25, 0.3) is 0 Å². The van der Waals surface area contributed by atoms with Crippen LogP contribution in [0.5, 0.6) is 0 Å². The van der Waals surface area contributed by atoms with Gasteiger partial charge in [0, 0.05) is 11.6 Å². The van der Waals surface area contributed by atoms with E-state index in [4.69, 9.17) is 16.3 Å². The van der Waals surface area contributed by atoms with E-state index in [1.54, 1.807) is 27.7 Å². The smallest absolute Gasteiger partial charge is 0.414 e. The number of rotatable bonds is 3. The van der Waals surface area contributed by atoms with E-state index in [0.717, 1.165) is 0 Å². The number of anilines is 1. The molecule has 0 saturated carbocycles. The molecule has 0 fully saturated rings. The maximum absolute atomic E-state index is 12.1. The molecule has 0 unspecified atom stereocenters. The Morgan fingerprint density at radius 3 is 2.40 bits per heavy atom. The molecule has 0 heterocycles. The summed E-state index contributed by atoms with van der Waals surface area (Å²) in [6, 6.07) is 4.28. The minimum absolute atomic E-state index is 0.00195. The molecule has 0 saturated heterocycles. The van der Waals surface area contributed by atoms with Crippen LogP contribution in [0.3, 0.4) is 0 Å². The molecule has 0 spiro atoms. The van der Waals surface area contributed by atoms with E-state index in [0.29, 0.717) is 5.02 Å². The number of halogens is 1. The van der Waals surface area contributed by atoms with E-state index >= 15 is 0 Å². The van der Waals surface area contributed by atoms with Gasteiger partial charge >= 0.3 is 12.1 Å². The third-order valence-electron chi connectivity index (χ3n) is 2.41. The summed E-state index contributed by atoms with van der Waals surface area (Å²) in [4.78, 5) is 24.6. The zero-order valence-electron chi connectivity index (χ0n) is 11.9. The van der Waals surface area contributed by atoms with E-state index in [1.807, 2.05) is 0 Å². The van der Waals surface area contributed by atoms with Gasteiger partial charge in [-0.25, -0.2) is 9.59 Å². The maximum Gasteiger partial charge on any atom is 0.414 e. The second-order valence-corrected chi connectivity index (χ2v) is 5.63. The first-order chi connectivity index (χ1) is 9.15. The average Bonchev–Trinajstić information content (AvgIpc) is 2.27. The van der Waals surface area contributed by atoms with Crippen molar-refractivity contribution in [2.45, 2.75) is 33.3 Å². The average molecular weight is 300 g/mol. The quantitative estimate of drug-likeness (QED) is 0.922.